The summed E-state index contributed by atoms with van der Waals surface area (Å²) in [5, 5.41) is 5.73. The molecule has 0 radical (unpaired) electrons. The quantitative estimate of drug-likeness (QED) is 0.729. The van der Waals surface area contributed by atoms with E-state index in [4.69, 9.17) is 0 Å². The van der Waals surface area contributed by atoms with E-state index in [0.717, 1.165) is 54.2 Å². The summed E-state index contributed by atoms with van der Waals surface area (Å²) in [6.07, 6.45) is 4.24. The van der Waals surface area contributed by atoms with Gasteiger partial charge in [0.1, 0.15) is 5.00 Å². The lowest BCUT2D eigenvalue weighted by atomic mass is 9.93. The van der Waals surface area contributed by atoms with Crippen molar-refractivity contribution in [3.63, 3.8) is 0 Å². The molecule has 25 heavy (non-hydrogen) atoms. The van der Waals surface area contributed by atoms with Crippen LogP contribution in [0.25, 0.3) is 0 Å². The van der Waals surface area contributed by atoms with Crippen LogP contribution in [0, 0.1) is 0 Å². The van der Waals surface area contributed by atoms with E-state index in [1.54, 1.807) is 11.3 Å². The van der Waals surface area contributed by atoms with Crippen LogP contribution in [0.5, 0.6) is 0 Å². The second-order valence-electron chi connectivity index (χ2n) is 6.40. The van der Waals surface area contributed by atoms with Crippen molar-refractivity contribution in [2.24, 2.45) is 0 Å². The molecule has 0 fully saturated rings. The number of amides is 1. The van der Waals surface area contributed by atoms with Crippen molar-refractivity contribution in [3.05, 3.63) is 38.4 Å². The van der Waals surface area contributed by atoms with Gasteiger partial charge in [-0.1, -0.05) is 6.07 Å². The first kappa shape index (κ1) is 18.3. The number of aryl methyl sites for hydroxylation is 1. The van der Waals surface area contributed by atoms with Gasteiger partial charge in [0.25, 0.3) is 5.91 Å². The van der Waals surface area contributed by atoms with Crippen molar-refractivity contribution >= 4 is 39.4 Å². The smallest absolute Gasteiger partial charge is 0.280 e. The fourth-order valence-electron chi connectivity index (χ4n) is 3.32. The molecule has 0 saturated carbocycles. The molecule has 0 atom stereocenters. The van der Waals surface area contributed by atoms with Crippen molar-refractivity contribution in [1.29, 1.82) is 0 Å². The van der Waals surface area contributed by atoms with E-state index in [1.807, 2.05) is 17.5 Å². The molecule has 1 amide bonds. The molecule has 0 unspecified atom stereocenters. The molecule has 0 bridgehead atoms. The lowest BCUT2D eigenvalue weighted by Crippen LogP contribution is -3.12. The van der Waals surface area contributed by atoms with Gasteiger partial charge in [-0.3, -0.25) is 9.59 Å². The Balaban J connectivity index is 1.89. The molecule has 3 rings (SSSR count). The van der Waals surface area contributed by atoms with Gasteiger partial charge >= 0.3 is 0 Å². The number of thiophene rings is 2. The molecule has 0 saturated heterocycles. The predicted octanol–water partition coefficient (Wildman–Crippen LogP) is 2.78. The molecule has 0 aromatic carbocycles. The standard InChI is InChI=1S/C19H24N2O2S2/c1-3-21(4-2)12-16(22)20-19-17(18(23)15-10-7-11-24-15)13-8-5-6-9-14(13)25-19/h7,10-11H,3-6,8-9,12H2,1-2H3,(H,20,22)/p+1. The van der Waals surface area contributed by atoms with Crippen molar-refractivity contribution in [3.8, 4) is 0 Å². The summed E-state index contributed by atoms with van der Waals surface area (Å²) in [5.41, 5.74) is 1.91. The zero-order chi connectivity index (χ0) is 17.8. The largest absolute Gasteiger partial charge is 0.328 e. The first-order valence-electron chi connectivity index (χ1n) is 9.00. The Kier molecular flexibility index (Phi) is 6.04. The van der Waals surface area contributed by atoms with E-state index in [9.17, 15) is 9.59 Å². The minimum Gasteiger partial charge on any atom is -0.328 e. The number of nitrogens with one attached hydrogen (secondary N) is 2. The van der Waals surface area contributed by atoms with Gasteiger partial charge in [-0.2, -0.15) is 0 Å². The molecular formula is C19H25N2O2S2+. The van der Waals surface area contributed by atoms with Gasteiger partial charge in [-0.05, 0) is 56.5 Å². The molecule has 0 aliphatic heterocycles. The van der Waals surface area contributed by atoms with Crippen LogP contribution in [0.3, 0.4) is 0 Å². The highest BCUT2D eigenvalue weighted by atomic mass is 32.1. The first-order valence-corrected chi connectivity index (χ1v) is 10.7. The monoisotopic (exact) mass is 377 g/mol. The summed E-state index contributed by atoms with van der Waals surface area (Å²) in [6, 6.07) is 3.77. The van der Waals surface area contributed by atoms with E-state index in [0.29, 0.717) is 6.54 Å². The first-order chi connectivity index (χ1) is 12.1. The Bertz CT molecular complexity index is 746. The third-order valence-corrected chi connectivity index (χ3v) is 6.88. The van der Waals surface area contributed by atoms with Crippen molar-refractivity contribution in [2.45, 2.75) is 39.5 Å². The van der Waals surface area contributed by atoms with Crippen LogP contribution in [0.15, 0.2) is 17.5 Å². The zero-order valence-electron chi connectivity index (χ0n) is 14.8. The van der Waals surface area contributed by atoms with Crippen LogP contribution in [0.2, 0.25) is 0 Å². The molecule has 4 nitrogen and oxygen atoms in total. The van der Waals surface area contributed by atoms with Crippen LogP contribution < -0.4 is 10.2 Å². The van der Waals surface area contributed by atoms with Gasteiger partial charge in [0, 0.05) is 4.88 Å². The molecule has 6 heteroatoms. The minimum atomic E-state index is -0.00229. The molecule has 1 aliphatic rings. The number of rotatable bonds is 7. The maximum absolute atomic E-state index is 13.0. The summed E-state index contributed by atoms with van der Waals surface area (Å²) in [6.45, 7) is 6.46. The Morgan fingerprint density at radius 2 is 1.96 bits per heavy atom. The molecule has 2 heterocycles. The maximum Gasteiger partial charge on any atom is 0.280 e. The van der Waals surface area contributed by atoms with Gasteiger partial charge in [0.2, 0.25) is 5.78 Å². The number of carbonyl (C=O) groups is 2. The summed E-state index contributed by atoms with van der Waals surface area (Å²) >= 11 is 3.06. The highest BCUT2D eigenvalue weighted by Crippen LogP contribution is 2.39. The number of hydrogen-bond acceptors (Lipinski definition) is 4. The van der Waals surface area contributed by atoms with Crippen LogP contribution in [0.4, 0.5) is 5.00 Å². The summed E-state index contributed by atoms with van der Waals surface area (Å²) in [4.78, 5) is 28.8. The SMILES string of the molecule is CC[NH+](CC)CC(=O)Nc1sc2c(c1C(=O)c1cccs1)CCCC2. The lowest BCUT2D eigenvalue weighted by molar-refractivity contribution is -0.888. The number of anilines is 1. The Morgan fingerprint density at radius 1 is 1.20 bits per heavy atom. The fourth-order valence-corrected chi connectivity index (χ4v) is 5.30. The predicted molar refractivity (Wildman–Crippen MR) is 104 cm³/mol. The minimum absolute atomic E-state index is 0.00229. The Labute approximate surface area is 156 Å². The number of likely N-dealkylation sites (N-methyl/N-ethyl adjacent to an activating group) is 1. The molecule has 2 N–H and O–H groups in total. The Hall–Kier alpha value is -1.50. The summed E-state index contributed by atoms with van der Waals surface area (Å²) in [5.74, 6) is 0.0532. The van der Waals surface area contributed by atoms with Gasteiger partial charge in [0.05, 0.1) is 23.5 Å². The summed E-state index contributed by atoms with van der Waals surface area (Å²) < 4.78 is 0. The summed E-state index contributed by atoms with van der Waals surface area (Å²) in [7, 11) is 0. The van der Waals surface area contributed by atoms with Crippen LogP contribution >= 0.6 is 22.7 Å². The number of fused-ring (bicyclic) bond motifs is 1. The number of carbonyl (C=O) groups excluding carboxylic acids is 2. The molecule has 2 aromatic rings. The van der Waals surface area contributed by atoms with Crippen molar-refractivity contribution < 1.29 is 14.5 Å². The van der Waals surface area contributed by atoms with Crippen LogP contribution in [-0.4, -0.2) is 31.3 Å². The number of quaternary nitrogens is 1. The van der Waals surface area contributed by atoms with E-state index in [1.165, 1.54) is 26.7 Å². The van der Waals surface area contributed by atoms with Crippen LogP contribution in [-0.2, 0) is 17.6 Å². The van der Waals surface area contributed by atoms with Gasteiger partial charge in [-0.15, -0.1) is 22.7 Å². The van der Waals surface area contributed by atoms with E-state index in [2.05, 4.69) is 19.2 Å². The third kappa shape index (κ3) is 4.02. The van der Waals surface area contributed by atoms with Gasteiger partial charge in [-0.25, -0.2) is 0 Å². The normalized spacial score (nSPS) is 13.7. The van der Waals surface area contributed by atoms with Gasteiger partial charge in [0.15, 0.2) is 6.54 Å². The van der Waals surface area contributed by atoms with E-state index in [-0.39, 0.29) is 11.7 Å². The topological polar surface area (TPSA) is 50.6 Å². The van der Waals surface area contributed by atoms with E-state index < -0.39 is 0 Å². The fraction of sp³-hybridized carbons (Fsp3) is 0.474. The van der Waals surface area contributed by atoms with Crippen molar-refractivity contribution in [2.75, 3.05) is 25.0 Å². The highest BCUT2D eigenvalue weighted by Gasteiger charge is 2.27. The second kappa shape index (κ2) is 8.25. The highest BCUT2D eigenvalue weighted by molar-refractivity contribution is 7.17. The molecule has 2 aromatic heterocycles. The zero-order valence-corrected chi connectivity index (χ0v) is 16.4. The maximum atomic E-state index is 13.0. The Morgan fingerprint density at radius 3 is 2.64 bits per heavy atom. The second-order valence-corrected chi connectivity index (χ2v) is 8.46. The molecule has 134 valence electrons. The molecule has 0 spiro atoms. The lowest BCUT2D eigenvalue weighted by Gasteiger charge is -2.15. The average Bonchev–Trinajstić information content (AvgIpc) is 3.26. The van der Waals surface area contributed by atoms with E-state index >= 15 is 0 Å². The van der Waals surface area contributed by atoms with Crippen molar-refractivity contribution in [1.82, 2.24) is 0 Å². The number of hydrogen-bond donors (Lipinski definition) is 2. The third-order valence-electron chi connectivity index (χ3n) is 4.81. The van der Waals surface area contributed by atoms with Crippen LogP contribution in [0.1, 0.15) is 52.4 Å². The number of ketones is 1. The molecular weight excluding hydrogens is 352 g/mol. The average molecular weight is 378 g/mol. The molecule has 1 aliphatic carbocycles. The van der Waals surface area contributed by atoms with Gasteiger partial charge < -0.3 is 10.2 Å².